The Bertz CT molecular complexity index is 242. The standard InChI is InChI=1S/C9H10S/c1-7-6-10-9-5-3-2-4-8(7)9/h2-5,7H,6H2,1H3. The fourth-order valence-corrected chi connectivity index (χ4v) is 2.54. The molecule has 52 valence electrons. The first-order valence-corrected chi connectivity index (χ1v) is 4.58. The summed E-state index contributed by atoms with van der Waals surface area (Å²) in [4.78, 5) is 1.48. The van der Waals surface area contributed by atoms with Crippen LogP contribution < -0.4 is 0 Å². The van der Waals surface area contributed by atoms with Crippen molar-refractivity contribution >= 4 is 11.8 Å². The SMILES string of the molecule is CC1CSc2ccccc21. The van der Waals surface area contributed by atoms with Gasteiger partial charge in [-0.3, -0.25) is 0 Å². The van der Waals surface area contributed by atoms with E-state index in [1.54, 1.807) is 0 Å². The minimum Gasteiger partial charge on any atom is -0.125 e. The van der Waals surface area contributed by atoms with Gasteiger partial charge in [0.1, 0.15) is 0 Å². The lowest BCUT2D eigenvalue weighted by atomic mass is 10.0. The fourth-order valence-electron chi connectivity index (χ4n) is 1.32. The molecule has 0 aromatic heterocycles. The van der Waals surface area contributed by atoms with Crippen LogP contribution in [-0.2, 0) is 0 Å². The fraction of sp³-hybridized carbons (Fsp3) is 0.333. The summed E-state index contributed by atoms with van der Waals surface area (Å²) in [6.07, 6.45) is 0. The van der Waals surface area contributed by atoms with E-state index in [-0.39, 0.29) is 0 Å². The summed E-state index contributed by atoms with van der Waals surface area (Å²) in [6, 6.07) is 8.69. The summed E-state index contributed by atoms with van der Waals surface area (Å²) in [7, 11) is 0. The Hall–Kier alpha value is -0.430. The second kappa shape index (κ2) is 2.31. The Morgan fingerprint density at radius 2 is 2.20 bits per heavy atom. The van der Waals surface area contributed by atoms with Crippen molar-refractivity contribution in [3.8, 4) is 0 Å². The van der Waals surface area contributed by atoms with Crippen LogP contribution in [0.15, 0.2) is 29.2 Å². The molecule has 1 aliphatic rings. The van der Waals surface area contributed by atoms with Crippen LogP contribution in [-0.4, -0.2) is 5.75 Å². The van der Waals surface area contributed by atoms with Gasteiger partial charge in [-0.2, -0.15) is 0 Å². The summed E-state index contributed by atoms with van der Waals surface area (Å²) < 4.78 is 0. The van der Waals surface area contributed by atoms with Gasteiger partial charge in [0.25, 0.3) is 0 Å². The normalized spacial score (nSPS) is 22.7. The Morgan fingerprint density at radius 1 is 1.40 bits per heavy atom. The lowest BCUT2D eigenvalue weighted by molar-refractivity contribution is 0.882. The minimum absolute atomic E-state index is 0.765. The van der Waals surface area contributed by atoms with Gasteiger partial charge >= 0.3 is 0 Å². The van der Waals surface area contributed by atoms with Crippen LogP contribution in [0.3, 0.4) is 0 Å². The molecule has 1 heterocycles. The molecular formula is C9H10S. The first kappa shape index (κ1) is 6.29. The zero-order chi connectivity index (χ0) is 6.97. The Labute approximate surface area is 65.6 Å². The van der Waals surface area contributed by atoms with E-state index in [0.29, 0.717) is 0 Å². The molecule has 0 bridgehead atoms. The minimum atomic E-state index is 0.765. The van der Waals surface area contributed by atoms with Crippen LogP contribution in [0.25, 0.3) is 0 Å². The number of benzene rings is 1. The molecule has 0 aliphatic carbocycles. The second-order valence-electron chi connectivity index (χ2n) is 2.75. The maximum atomic E-state index is 2.29. The van der Waals surface area contributed by atoms with Gasteiger partial charge < -0.3 is 0 Å². The van der Waals surface area contributed by atoms with Crippen molar-refractivity contribution in [1.82, 2.24) is 0 Å². The zero-order valence-electron chi connectivity index (χ0n) is 6.00. The van der Waals surface area contributed by atoms with E-state index >= 15 is 0 Å². The van der Waals surface area contributed by atoms with E-state index < -0.39 is 0 Å². The number of hydrogen-bond donors (Lipinski definition) is 0. The van der Waals surface area contributed by atoms with Gasteiger partial charge in [0.2, 0.25) is 0 Å². The number of fused-ring (bicyclic) bond motifs is 1. The number of rotatable bonds is 0. The topological polar surface area (TPSA) is 0 Å². The maximum Gasteiger partial charge on any atom is 0.0107 e. The van der Waals surface area contributed by atoms with Gasteiger partial charge in [-0.1, -0.05) is 25.1 Å². The molecule has 1 aromatic rings. The molecule has 0 saturated carbocycles. The van der Waals surface area contributed by atoms with E-state index in [0.717, 1.165) is 5.92 Å². The predicted molar refractivity (Wildman–Crippen MR) is 45.6 cm³/mol. The van der Waals surface area contributed by atoms with Crippen molar-refractivity contribution in [2.24, 2.45) is 0 Å². The van der Waals surface area contributed by atoms with Crippen molar-refractivity contribution in [2.45, 2.75) is 17.7 Å². The molecule has 0 N–H and O–H groups in total. The van der Waals surface area contributed by atoms with Crippen LogP contribution in [0.4, 0.5) is 0 Å². The van der Waals surface area contributed by atoms with Gasteiger partial charge in [0, 0.05) is 10.6 Å². The molecule has 0 fully saturated rings. The van der Waals surface area contributed by atoms with Gasteiger partial charge in [-0.25, -0.2) is 0 Å². The molecule has 1 unspecified atom stereocenters. The molecule has 0 spiro atoms. The molecule has 10 heavy (non-hydrogen) atoms. The Balaban J connectivity index is 2.51. The van der Waals surface area contributed by atoms with Gasteiger partial charge in [0.15, 0.2) is 0 Å². The zero-order valence-corrected chi connectivity index (χ0v) is 6.82. The smallest absolute Gasteiger partial charge is 0.0107 e. The van der Waals surface area contributed by atoms with Crippen LogP contribution in [0.2, 0.25) is 0 Å². The Morgan fingerprint density at radius 3 is 3.00 bits per heavy atom. The van der Waals surface area contributed by atoms with Crippen LogP contribution in [0, 0.1) is 0 Å². The average molecular weight is 150 g/mol. The lowest BCUT2D eigenvalue weighted by Gasteiger charge is -1.99. The maximum absolute atomic E-state index is 2.29. The molecule has 0 radical (unpaired) electrons. The molecule has 2 rings (SSSR count). The van der Waals surface area contributed by atoms with Gasteiger partial charge in [0.05, 0.1) is 0 Å². The van der Waals surface area contributed by atoms with Gasteiger partial charge in [-0.05, 0) is 17.5 Å². The molecule has 0 amide bonds. The largest absolute Gasteiger partial charge is 0.125 e. The van der Waals surface area contributed by atoms with Crippen LogP contribution in [0.5, 0.6) is 0 Å². The van der Waals surface area contributed by atoms with E-state index in [4.69, 9.17) is 0 Å². The number of hydrogen-bond acceptors (Lipinski definition) is 1. The molecular weight excluding hydrogens is 140 g/mol. The van der Waals surface area contributed by atoms with Crippen molar-refractivity contribution < 1.29 is 0 Å². The van der Waals surface area contributed by atoms with Crippen LogP contribution >= 0.6 is 11.8 Å². The summed E-state index contributed by atoms with van der Waals surface area (Å²) in [5.41, 5.74) is 1.53. The molecule has 0 saturated heterocycles. The summed E-state index contributed by atoms with van der Waals surface area (Å²) in [5, 5.41) is 0. The molecule has 0 nitrogen and oxygen atoms in total. The lowest BCUT2D eigenvalue weighted by Crippen LogP contribution is -1.87. The highest BCUT2D eigenvalue weighted by atomic mass is 32.2. The van der Waals surface area contributed by atoms with E-state index in [2.05, 4.69) is 31.2 Å². The predicted octanol–water partition coefficient (Wildman–Crippen LogP) is 2.90. The van der Waals surface area contributed by atoms with Crippen molar-refractivity contribution in [3.05, 3.63) is 29.8 Å². The first-order valence-electron chi connectivity index (χ1n) is 3.59. The second-order valence-corrected chi connectivity index (χ2v) is 3.81. The monoisotopic (exact) mass is 150 g/mol. The van der Waals surface area contributed by atoms with Crippen LogP contribution in [0.1, 0.15) is 18.4 Å². The van der Waals surface area contributed by atoms with Crippen molar-refractivity contribution in [2.75, 3.05) is 5.75 Å². The van der Waals surface area contributed by atoms with E-state index in [1.165, 1.54) is 16.2 Å². The van der Waals surface area contributed by atoms with Gasteiger partial charge in [-0.15, -0.1) is 11.8 Å². The average Bonchev–Trinajstić information content (AvgIpc) is 2.34. The highest BCUT2D eigenvalue weighted by Crippen LogP contribution is 2.38. The molecule has 1 atom stereocenters. The highest BCUT2D eigenvalue weighted by Gasteiger charge is 2.17. The third-order valence-electron chi connectivity index (χ3n) is 1.94. The molecule has 1 heteroatoms. The van der Waals surface area contributed by atoms with E-state index in [1.807, 2.05) is 11.8 Å². The first-order chi connectivity index (χ1) is 4.88. The number of thioether (sulfide) groups is 1. The highest BCUT2D eigenvalue weighted by molar-refractivity contribution is 7.99. The summed E-state index contributed by atoms with van der Waals surface area (Å²) >= 11 is 1.98. The summed E-state index contributed by atoms with van der Waals surface area (Å²) in [6.45, 7) is 2.29. The van der Waals surface area contributed by atoms with Crippen molar-refractivity contribution in [3.63, 3.8) is 0 Å². The third kappa shape index (κ3) is 0.853. The molecule has 1 aromatic carbocycles. The third-order valence-corrected chi connectivity index (χ3v) is 3.29. The van der Waals surface area contributed by atoms with E-state index in [9.17, 15) is 0 Å². The summed E-state index contributed by atoms with van der Waals surface area (Å²) in [5.74, 6) is 2.03. The quantitative estimate of drug-likeness (QED) is 0.548. The van der Waals surface area contributed by atoms with Crippen molar-refractivity contribution in [1.29, 1.82) is 0 Å². The molecule has 1 aliphatic heterocycles. The Kier molecular flexibility index (Phi) is 1.46.